The zero-order valence-electron chi connectivity index (χ0n) is 20.2. The predicted molar refractivity (Wildman–Crippen MR) is 133 cm³/mol. The topological polar surface area (TPSA) is 58.8 Å². The van der Waals surface area contributed by atoms with Gasteiger partial charge in [-0.05, 0) is 74.2 Å². The fourth-order valence-electron chi connectivity index (χ4n) is 4.96. The average molecular weight is 462 g/mol. The number of nitrogens with zero attached hydrogens (tertiary/aromatic N) is 3. The SMILES string of the molecule is COc1cccc(C[C@@H](C2CCN(C(=O)CCc3ccco3)CC2)N(C)Cc2ccccn2)c1. The highest BCUT2D eigenvalue weighted by molar-refractivity contribution is 5.76. The van der Waals surface area contributed by atoms with Gasteiger partial charge < -0.3 is 14.1 Å². The number of hydrogen-bond donors (Lipinski definition) is 0. The molecule has 3 heterocycles. The van der Waals surface area contributed by atoms with E-state index in [2.05, 4.69) is 41.2 Å². The van der Waals surface area contributed by atoms with Crippen LogP contribution in [0.5, 0.6) is 5.75 Å². The summed E-state index contributed by atoms with van der Waals surface area (Å²) in [6.07, 6.45) is 7.64. The Morgan fingerprint density at radius 3 is 2.74 bits per heavy atom. The number of piperidine rings is 1. The lowest BCUT2D eigenvalue weighted by atomic mass is 9.84. The maximum Gasteiger partial charge on any atom is 0.223 e. The number of pyridine rings is 1. The molecule has 2 aromatic heterocycles. The van der Waals surface area contributed by atoms with Crippen molar-refractivity contribution in [2.75, 3.05) is 27.2 Å². The molecule has 3 aromatic rings. The number of methoxy groups -OCH3 is 1. The van der Waals surface area contributed by atoms with Gasteiger partial charge in [0, 0.05) is 44.7 Å². The Morgan fingerprint density at radius 2 is 2.03 bits per heavy atom. The Hall–Kier alpha value is -3.12. The Morgan fingerprint density at radius 1 is 1.18 bits per heavy atom. The van der Waals surface area contributed by atoms with E-state index in [9.17, 15) is 4.79 Å². The fraction of sp³-hybridized carbons (Fsp3) is 0.429. The van der Waals surface area contributed by atoms with E-state index in [0.29, 0.717) is 24.8 Å². The van der Waals surface area contributed by atoms with Crippen LogP contribution in [0.15, 0.2) is 71.5 Å². The van der Waals surface area contributed by atoms with Gasteiger partial charge in [0.2, 0.25) is 5.91 Å². The van der Waals surface area contributed by atoms with Crippen LogP contribution in [0.4, 0.5) is 0 Å². The monoisotopic (exact) mass is 461 g/mol. The van der Waals surface area contributed by atoms with E-state index >= 15 is 0 Å². The molecule has 0 aliphatic carbocycles. The minimum atomic E-state index is 0.223. The van der Waals surface area contributed by atoms with Crippen molar-refractivity contribution in [3.63, 3.8) is 0 Å². The third kappa shape index (κ3) is 6.48. The molecule has 0 saturated carbocycles. The van der Waals surface area contributed by atoms with Crippen molar-refractivity contribution in [1.82, 2.24) is 14.8 Å². The third-order valence-electron chi connectivity index (χ3n) is 6.88. The van der Waals surface area contributed by atoms with Gasteiger partial charge in [0.05, 0.1) is 19.1 Å². The first kappa shape index (κ1) is 24.0. The summed E-state index contributed by atoms with van der Waals surface area (Å²) >= 11 is 0. The Balaban J connectivity index is 1.40. The molecular formula is C28H35N3O3. The number of ether oxygens (including phenoxy) is 1. The summed E-state index contributed by atoms with van der Waals surface area (Å²) in [5.74, 6) is 2.49. The quantitative estimate of drug-likeness (QED) is 0.442. The molecule has 6 nitrogen and oxygen atoms in total. The molecular weight excluding hydrogens is 426 g/mol. The highest BCUT2D eigenvalue weighted by atomic mass is 16.5. The second-order valence-electron chi connectivity index (χ2n) is 9.16. The van der Waals surface area contributed by atoms with Crippen molar-refractivity contribution in [2.24, 2.45) is 5.92 Å². The fourth-order valence-corrected chi connectivity index (χ4v) is 4.96. The predicted octanol–water partition coefficient (Wildman–Crippen LogP) is 4.60. The van der Waals surface area contributed by atoms with Crippen LogP contribution in [-0.2, 0) is 24.2 Å². The van der Waals surface area contributed by atoms with Gasteiger partial charge >= 0.3 is 0 Å². The first-order valence-electron chi connectivity index (χ1n) is 12.2. The van der Waals surface area contributed by atoms with Gasteiger partial charge in [-0.25, -0.2) is 0 Å². The van der Waals surface area contributed by atoms with Crippen LogP contribution in [-0.4, -0.2) is 54.0 Å². The van der Waals surface area contributed by atoms with Crippen LogP contribution >= 0.6 is 0 Å². The maximum atomic E-state index is 12.8. The number of hydrogen-bond acceptors (Lipinski definition) is 5. The van der Waals surface area contributed by atoms with Gasteiger partial charge in [0.25, 0.3) is 0 Å². The number of benzene rings is 1. The summed E-state index contributed by atoms with van der Waals surface area (Å²) < 4.78 is 10.8. The minimum Gasteiger partial charge on any atom is -0.497 e. The molecule has 6 heteroatoms. The highest BCUT2D eigenvalue weighted by Crippen LogP contribution is 2.28. The number of likely N-dealkylation sites (N-methyl/N-ethyl adjacent to an activating group) is 1. The molecule has 1 fully saturated rings. The number of carbonyl (C=O) groups is 1. The molecule has 0 radical (unpaired) electrons. The summed E-state index contributed by atoms with van der Waals surface area (Å²) in [6.45, 7) is 2.43. The number of likely N-dealkylation sites (tertiary alicyclic amines) is 1. The van der Waals surface area contributed by atoms with Gasteiger partial charge in [-0.2, -0.15) is 0 Å². The molecule has 4 rings (SSSR count). The van der Waals surface area contributed by atoms with Crippen molar-refractivity contribution < 1.29 is 13.9 Å². The standard InChI is InChI=1S/C28H35N3O3/c1-30(21-24-8-3-4-15-29-24)27(20-22-7-5-9-26(19-22)33-2)23-13-16-31(17-14-23)28(32)12-11-25-10-6-18-34-25/h3-10,15,18-19,23,27H,11-14,16-17,20-21H2,1-2H3/t27-/m0/s1. The molecule has 1 saturated heterocycles. The van der Waals surface area contributed by atoms with Crippen LogP contribution in [0.3, 0.4) is 0 Å². The first-order valence-corrected chi connectivity index (χ1v) is 12.2. The largest absolute Gasteiger partial charge is 0.497 e. The van der Waals surface area contributed by atoms with Gasteiger partial charge in [-0.1, -0.05) is 18.2 Å². The van der Waals surface area contributed by atoms with E-state index < -0.39 is 0 Å². The summed E-state index contributed by atoms with van der Waals surface area (Å²) in [7, 11) is 3.91. The summed E-state index contributed by atoms with van der Waals surface area (Å²) in [5, 5.41) is 0. The smallest absolute Gasteiger partial charge is 0.223 e. The second-order valence-corrected chi connectivity index (χ2v) is 9.16. The number of furan rings is 1. The molecule has 0 spiro atoms. The molecule has 180 valence electrons. The van der Waals surface area contributed by atoms with E-state index in [1.54, 1.807) is 13.4 Å². The Kier molecular flexibility index (Phi) is 8.36. The second kappa shape index (κ2) is 11.8. The Bertz CT molecular complexity index is 1010. The van der Waals surface area contributed by atoms with E-state index in [4.69, 9.17) is 9.15 Å². The van der Waals surface area contributed by atoms with Gasteiger partial charge in [0.15, 0.2) is 0 Å². The van der Waals surface area contributed by atoms with E-state index in [0.717, 1.165) is 56.1 Å². The van der Waals surface area contributed by atoms with Crippen molar-refractivity contribution >= 4 is 5.91 Å². The lowest BCUT2D eigenvalue weighted by molar-refractivity contribution is -0.132. The number of carbonyl (C=O) groups excluding carboxylic acids is 1. The van der Waals surface area contributed by atoms with Crippen LogP contribution in [0.2, 0.25) is 0 Å². The number of amides is 1. The average Bonchev–Trinajstić information content (AvgIpc) is 3.40. The van der Waals surface area contributed by atoms with E-state index in [1.807, 2.05) is 41.4 Å². The lowest BCUT2D eigenvalue weighted by Crippen LogP contribution is -2.46. The summed E-state index contributed by atoms with van der Waals surface area (Å²) in [5.41, 5.74) is 2.35. The van der Waals surface area contributed by atoms with E-state index in [1.165, 1.54) is 5.56 Å². The minimum absolute atomic E-state index is 0.223. The van der Waals surface area contributed by atoms with E-state index in [-0.39, 0.29) is 5.91 Å². The molecule has 0 bridgehead atoms. The summed E-state index contributed by atoms with van der Waals surface area (Å²) in [4.78, 5) is 21.8. The van der Waals surface area contributed by atoms with Crippen LogP contribution in [0, 0.1) is 5.92 Å². The van der Waals surface area contributed by atoms with Crippen molar-refractivity contribution in [1.29, 1.82) is 0 Å². The molecule has 1 aliphatic rings. The van der Waals surface area contributed by atoms with Gasteiger partial charge in [-0.3, -0.25) is 14.7 Å². The maximum absolute atomic E-state index is 12.8. The number of aryl methyl sites for hydroxylation is 1. The highest BCUT2D eigenvalue weighted by Gasteiger charge is 2.31. The van der Waals surface area contributed by atoms with Crippen molar-refractivity contribution in [2.45, 2.75) is 44.7 Å². The Labute approximate surface area is 202 Å². The lowest BCUT2D eigenvalue weighted by Gasteiger charge is -2.40. The zero-order chi connectivity index (χ0) is 23.8. The summed E-state index contributed by atoms with van der Waals surface area (Å²) in [6, 6.07) is 18.6. The van der Waals surface area contributed by atoms with Crippen molar-refractivity contribution in [3.8, 4) is 5.75 Å². The van der Waals surface area contributed by atoms with Gasteiger partial charge in [0.1, 0.15) is 11.5 Å². The molecule has 1 amide bonds. The molecule has 1 aliphatic heterocycles. The van der Waals surface area contributed by atoms with Crippen LogP contribution < -0.4 is 4.74 Å². The van der Waals surface area contributed by atoms with Gasteiger partial charge in [-0.15, -0.1) is 0 Å². The normalized spacial score (nSPS) is 15.4. The molecule has 34 heavy (non-hydrogen) atoms. The number of aromatic nitrogens is 1. The molecule has 0 unspecified atom stereocenters. The first-order chi connectivity index (χ1) is 16.6. The molecule has 1 aromatic carbocycles. The molecule has 1 atom stereocenters. The van der Waals surface area contributed by atoms with Crippen molar-refractivity contribution in [3.05, 3.63) is 84.1 Å². The zero-order valence-corrected chi connectivity index (χ0v) is 20.2. The number of rotatable bonds is 10. The molecule has 0 N–H and O–H groups in total. The van der Waals surface area contributed by atoms with Crippen LogP contribution in [0.25, 0.3) is 0 Å². The van der Waals surface area contributed by atoms with Crippen LogP contribution in [0.1, 0.15) is 36.3 Å². The third-order valence-corrected chi connectivity index (χ3v) is 6.88.